The Hall–Kier alpha value is -0.610. The highest BCUT2D eigenvalue weighted by atomic mass is 16.5. The molecule has 4 nitrogen and oxygen atoms in total. The van der Waals surface area contributed by atoms with E-state index in [1.54, 1.807) is 0 Å². The van der Waals surface area contributed by atoms with Gasteiger partial charge in [0.2, 0.25) is 5.91 Å². The summed E-state index contributed by atoms with van der Waals surface area (Å²) in [4.78, 5) is 11.3. The molecule has 0 rings (SSSR count). The molecule has 84 valence electrons. The molecular formula is C10H21NO3. The van der Waals surface area contributed by atoms with E-state index in [2.05, 4.69) is 5.32 Å². The quantitative estimate of drug-likeness (QED) is 0.620. The second kappa shape index (κ2) is 6.79. The van der Waals surface area contributed by atoms with E-state index in [9.17, 15) is 4.79 Å². The van der Waals surface area contributed by atoms with Crippen LogP contribution in [-0.4, -0.2) is 37.4 Å². The highest BCUT2D eigenvalue weighted by Crippen LogP contribution is 2.17. The SMILES string of the molecule is CC(C)(C)CC(=O)NCCOCCO. The predicted molar refractivity (Wildman–Crippen MR) is 55.0 cm³/mol. The highest BCUT2D eigenvalue weighted by molar-refractivity contribution is 5.76. The number of amides is 1. The van der Waals surface area contributed by atoms with E-state index in [1.807, 2.05) is 20.8 Å². The van der Waals surface area contributed by atoms with Gasteiger partial charge in [-0.25, -0.2) is 0 Å². The van der Waals surface area contributed by atoms with Gasteiger partial charge >= 0.3 is 0 Å². The van der Waals surface area contributed by atoms with Gasteiger partial charge in [-0.1, -0.05) is 20.8 Å². The van der Waals surface area contributed by atoms with Crippen molar-refractivity contribution in [2.75, 3.05) is 26.4 Å². The van der Waals surface area contributed by atoms with E-state index < -0.39 is 0 Å². The fraction of sp³-hybridized carbons (Fsp3) is 0.900. The van der Waals surface area contributed by atoms with Gasteiger partial charge in [0.05, 0.1) is 19.8 Å². The molecule has 0 fully saturated rings. The Morgan fingerprint density at radius 2 is 2.00 bits per heavy atom. The minimum atomic E-state index is 0.0237. The Labute approximate surface area is 85.6 Å². The minimum Gasteiger partial charge on any atom is -0.394 e. The van der Waals surface area contributed by atoms with Crippen LogP contribution < -0.4 is 5.32 Å². The molecule has 0 saturated carbocycles. The Morgan fingerprint density at radius 1 is 1.36 bits per heavy atom. The molecular weight excluding hydrogens is 182 g/mol. The third-order valence-corrected chi connectivity index (χ3v) is 1.50. The number of carbonyl (C=O) groups is 1. The maximum absolute atomic E-state index is 11.3. The van der Waals surface area contributed by atoms with Crippen molar-refractivity contribution in [2.45, 2.75) is 27.2 Å². The average Bonchev–Trinajstić information content (AvgIpc) is 2.00. The molecule has 0 aliphatic heterocycles. The normalized spacial score (nSPS) is 11.4. The topological polar surface area (TPSA) is 58.6 Å². The average molecular weight is 203 g/mol. The smallest absolute Gasteiger partial charge is 0.220 e. The number of nitrogens with one attached hydrogen (secondary N) is 1. The van der Waals surface area contributed by atoms with Crippen LogP contribution >= 0.6 is 0 Å². The standard InChI is InChI=1S/C10H21NO3/c1-10(2,3)8-9(13)11-4-6-14-7-5-12/h12H,4-8H2,1-3H3,(H,11,13). The summed E-state index contributed by atoms with van der Waals surface area (Å²) in [6.45, 7) is 7.38. The summed E-state index contributed by atoms with van der Waals surface area (Å²) in [6, 6.07) is 0. The van der Waals surface area contributed by atoms with Crippen LogP contribution in [0.5, 0.6) is 0 Å². The van der Waals surface area contributed by atoms with Crippen molar-refractivity contribution in [3.63, 3.8) is 0 Å². The summed E-state index contributed by atoms with van der Waals surface area (Å²) in [6.07, 6.45) is 0.521. The summed E-state index contributed by atoms with van der Waals surface area (Å²) in [7, 11) is 0. The number of aliphatic hydroxyl groups is 1. The molecule has 0 aliphatic rings. The predicted octanol–water partition coefficient (Wildman–Crippen LogP) is 0.548. The number of aliphatic hydroxyl groups excluding tert-OH is 1. The van der Waals surface area contributed by atoms with Crippen LogP contribution in [-0.2, 0) is 9.53 Å². The van der Waals surface area contributed by atoms with E-state index in [0.29, 0.717) is 26.2 Å². The van der Waals surface area contributed by atoms with Crippen molar-refractivity contribution >= 4 is 5.91 Å². The van der Waals surface area contributed by atoms with Gasteiger partial charge in [-0.15, -0.1) is 0 Å². The van der Waals surface area contributed by atoms with Crippen molar-refractivity contribution in [3.05, 3.63) is 0 Å². The Morgan fingerprint density at radius 3 is 2.50 bits per heavy atom. The Balaban J connectivity index is 3.36. The van der Waals surface area contributed by atoms with Crippen LogP contribution in [0.15, 0.2) is 0 Å². The van der Waals surface area contributed by atoms with E-state index >= 15 is 0 Å². The lowest BCUT2D eigenvalue weighted by Crippen LogP contribution is -2.30. The fourth-order valence-electron chi connectivity index (χ4n) is 0.973. The minimum absolute atomic E-state index is 0.0237. The molecule has 0 aromatic heterocycles. The van der Waals surface area contributed by atoms with Crippen molar-refractivity contribution in [2.24, 2.45) is 5.41 Å². The molecule has 2 N–H and O–H groups in total. The summed E-state index contributed by atoms with van der Waals surface area (Å²) in [5, 5.41) is 11.2. The zero-order chi connectivity index (χ0) is 11.0. The first-order valence-corrected chi connectivity index (χ1v) is 4.91. The lowest BCUT2D eigenvalue weighted by atomic mass is 9.92. The third-order valence-electron chi connectivity index (χ3n) is 1.50. The first-order valence-electron chi connectivity index (χ1n) is 4.91. The van der Waals surface area contributed by atoms with Crippen LogP contribution in [0.3, 0.4) is 0 Å². The van der Waals surface area contributed by atoms with Gasteiger partial charge in [0.1, 0.15) is 0 Å². The molecule has 0 heterocycles. The maximum Gasteiger partial charge on any atom is 0.220 e. The van der Waals surface area contributed by atoms with Crippen LogP contribution in [0.25, 0.3) is 0 Å². The van der Waals surface area contributed by atoms with E-state index in [1.165, 1.54) is 0 Å². The molecule has 14 heavy (non-hydrogen) atoms. The zero-order valence-corrected chi connectivity index (χ0v) is 9.30. The van der Waals surface area contributed by atoms with Gasteiger partial charge in [0.15, 0.2) is 0 Å². The second-order valence-corrected chi connectivity index (χ2v) is 4.42. The van der Waals surface area contributed by atoms with E-state index in [0.717, 1.165) is 0 Å². The fourth-order valence-corrected chi connectivity index (χ4v) is 0.973. The number of hydrogen-bond acceptors (Lipinski definition) is 3. The summed E-state index contributed by atoms with van der Waals surface area (Å²) in [5.41, 5.74) is 0.0238. The van der Waals surface area contributed by atoms with Crippen molar-refractivity contribution in [1.29, 1.82) is 0 Å². The van der Waals surface area contributed by atoms with Gasteiger partial charge in [-0.3, -0.25) is 4.79 Å². The van der Waals surface area contributed by atoms with Gasteiger partial charge in [0.25, 0.3) is 0 Å². The molecule has 0 spiro atoms. The molecule has 0 aliphatic carbocycles. The van der Waals surface area contributed by atoms with Crippen LogP contribution in [0.2, 0.25) is 0 Å². The molecule has 0 aromatic rings. The van der Waals surface area contributed by atoms with E-state index in [4.69, 9.17) is 9.84 Å². The monoisotopic (exact) mass is 203 g/mol. The van der Waals surface area contributed by atoms with Gasteiger partial charge < -0.3 is 15.2 Å². The first kappa shape index (κ1) is 13.4. The lowest BCUT2D eigenvalue weighted by molar-refractivity contribution is -0.123. The van der Waals surface area contributed by atoms with Crippen molar-refractivity contribution in [3.8, 4) is 0 Å². The third kappa shape index (κ3) is 9.48. The molecule has 0 bridgehead atoms. The Bertz CT molecular complexity index is 163. The highest BCUT2D eigenvalue weighted by Gasteiger charge is 2.14. The molecule has 0 saturated heterocycles. The maximum atomic E-state index is 11.3. The second-order valence-electron chi connectivity index (χ2n) is 4.42. The van der Waals surface area contributed by atoms with Gasteiger partial charge in [-0.2, -0.15) is 0 Å². The zero-order valence-electron chi connectivity index (χ0n) is 9.30. The van der Waals surface area contributed by atoms with Crippen LogP contribution in [0.4, 0.5) is 0 Å². The first-order chi connectivity index (χ1) is 6.45. The summed E-state index contributed by atoms with van der Waals surface area (Å²) < 4.78 is 5.00. The molecule has 4 heteroatoms. The molecule has 0 atom stereocenters. The van der Waals surface area contributed by atoms with Crippen LogP contribution in [0, 0.1) is 5.41 Å². The van der Waals surface area contributed by atoms with Crippen molar-refractivity contribution in [1.82, 2.24) is 5.32 Å². The summed E-state index contributed by atoms with van der Waals surface area (Å²) in [5.74, 6) is 0.0464. The molecule has 0 unspecified atom stereocenters. The Kier molecular flexibility index (Phi) is 6.49. The number of ether oxygens (including phenoxy) is 1. The van der Waals surface area contributed by atoms with E-state index in [-0.39, 0.29) is 17.9 Å². The van der Waals surface area contributed by atoms with Crippen molar-refractivity contribution < 1.29 is 14.6 Å². The number of rotatable bonds is 6. The molecule has 0 aromatic carbocycles. The van der Waals surface area contributed by atoms with Gasteiger partial charge in [0, 0.05) is 13.0 Å². The van der Waals surface area contributed by atoms with Crippen LogP contribution in [0.1, 0.15) is 27.2 Å². The van der Waals surface area contributed by atoms with Gasteiger partial charge in [-0.05, 0) is 5.41 Å². The number of carbonyl (C=O) groups excluding carboxylic acids is 1. The molecule has 1 amide bonds. The summed E-state index contributed by atoms with van der Waals surface area (Å²) >= 11 is 0. The largest absolute Gasteiger partial charge is 0.394 e. The number of hydrogen-bond donors (Lipinski definition) is 2. The lowest BCUT2D eigenvalue weighted by Gasteiger charge is -2.17. The molecule has 0 radical (unpaired) electrons.